The molecule has 0 aliphatic rings. The SMILES string of the molecule is CCCCCCCCCCCCCCCCC(CO)CCCCCCCCCCCCCC. The van der Waals surface area contributed by atoms with Gasteiger partial charge in [-0.3, -0.25) is 0 Å². The molecule has 1 N–H and O–H groups in total. The van der Waals surface area contributed by atoms with Gasteiger partial charge in [-0.1, -0.05) is 181 Å². The molecule has 0 aliphatic carbocycles. The Morgan fingerprint density at radius 3 is 0.758 bits per heavy atom. The highest BCUT2D eigenvalue weighted by Crippen LogP contribution is 2.20. The van der Waals surface area contributed by atoms with E-state index in [1.165, 1.54) is 180 Å². The van der Waals surface area contributed by atoms with Gasteiger partial charge in [0.05, 0.1) is 0 Å². The Balaban J connectivity index is 3.26. The second-order valence-electron chi connectivity index (χ2n) is 11.1. The molecule has 1 heteroatoms. The normalized spacial score (nSPS) is 12.5. The molecule has 0 aliphatic heterocycles. The molecular weight excluding hydrogens is 400 g/mol. The zero-order valence-electron chi connectivity index (χ0n) is 23.5. The molecule has 0 aromatic rings. The second-order valence-corrected chi connectivity index (χ2v) is 11.1. The van der Waals surface area contributed by atoms with Crippen molar-refractivity contribution in [2.24, 2.45) is 5.92 Å². The molecule has 1 atom stereocenters. The van der Waals surface area contributed by atoms with E-state index in [1.807, 2.05) is 0 Å². The Morgan fingerprint density at radius 2 is 0.545 bits per heavy atom. The summed E-state index contributed by atoms with van der Waals surface area (Å²) in [7, 11) is 0. The van der Waals surface area contributed by atoms with Gasteiger partial charge in [-0.15, -0.1) is 0 Å². The Hall–Kier alpha value is -0.0400. The number of aliphatic hydroxyl groups excluding tert-OH is 1. The molecule has 0 spiro atoms. The van der Waals surface area contributed by atoms with Crippen molar-refractivity contribution in [3.8, 4) is 0 Å². The molecule has 0 rings (SSSR count). The van der Waals surface area contributed by atoms with E-state index in [9.17, 15) is 5.11 Å². The average Bonchev–Trinajstić information content (AvgIpc) is 2.83. The van der Waals surface area contributed by atoms with E-state index < -0.39 is 0 Å². The van der Waals surface area contributed by atoms with Crippen LogP contribution in [0.2, 0.25) is 0 Å². The zero-order valence-corrected chi connectivity index (χ0v) is 23.5. The third kappa shape index (κ3) is 28.1. The van der Waals surface area contributed by atoms with Gasteiger partial charge in [0.2, 0.25) is 0 Å². The minimum Gasteiger partial charge on any atom is -0.396 e. The molecule has 0 radical (unpaired) electrons. The molecule has 0 aromatic heterocycles. The molecule has 0 fully saturated rings. The summed E-state index contributed by atoms with van der Waals surface area (Å²) >= 11 is 0. The fourth-order valence-corrected chi connectivity index (χ4v) is 5.23. The number of hydrogen-bond acceptors (Lipinski definition) is 1. The van der Waals surface area contributed by atoms with Crippen molar-refractivity contribution in [2.45, 2.75) is 194 Å². The lowest BCUT2D eigenvalue weighted by Gasteiger charge is -2.13. The van der Waals surface area contributed by atoms with Crippen LogP contribution < -0.4 is 0 Å². The van der Waals surface area contributed by atoms with Crippen LogP contribution in [0.15, 0.2) is 0 Å². The summed E-state index contributed by atoms with van der Waals surface area (Å²) in [6.07, 6.45) is 39.5. The molecule has 1 unspecified atom stereocenters. The third-order valence-corrected chi connectivity index (χ3v) is 7.69. The van der Waals surface area contributed by atoms with Crippen LogP contribution in [0.4, 0.5) is 0 Å². The van der Waals surface area contributed by atoms with E-state index in [0.29, 0.717) is 12.5 Å². The third-order valence-electron chi connectivity index (χ3n) is 7.69. The zero-order chi connectivity index (χ0) is 24.1. The van der Waals surface area contributed by atoms with Crippen molar-refractivity contribution in [1.82, 2.24) is 0 Å². The molecule has 33 heavy (non-hydrogen) atoms. The van der Waals surface area contributed by atoms with Gasteiger partial charge < -0.3 is 5.11 Å². The molecule has 0 heterocycles. The van der Waals surface area contributed by atoms with Crippen molar-refractivity contribution in [2.75, 3.05) is 6.61 Å². The highest BCUT2D eigenvalue weighted by molar-refractivity contribution is 4.60. The van der Waals surface area contributed by atoms with Crippen LogP contribution in [0.1, 0.15) is 194 Å². The van der Waals surface area contributed by atoms with Gasteiger partial charge in [0, 0.05) is 6.61 Å². The van der Waals surface area contributed by atoms with Crippen LogP contribution in [0, 0.1) is 5.92 Å². The predicted octanol–water partition coefficient (Wildman–Crippen LogP) is 11.6. The highest BCUT2D eigenvalue weighted by atomic mass is 16.3. The Kier molecular flexibility index (Phi) is 30.0. The second kappa shape index (κ2) is 30.0. The summed E-state index contributed by atoms with van der Waals surface area (Å²) in [5.74, 6) is 0.574. The number of unbranched alkanes of at least 4 members (excludes halogenated alkanes) is 24. The Morgan fingerprint density at radius 1 is 0.333 bits per heavy atom. The van der Waals surface area contributed by atoms with E-state index >= 15 is 0 Å². The van der Waals surface area contributed by atoms with Gasteiger partial charge in [-0.2, -0.15) is 0 Å². The first-order valence-corrected chi connectivity index (χ1v) is 16.0. The van der Waals surface area contributed by atoms with Gasteiger partial charge in [-0.05, 0) is 18.8 Å². The van der Waals surface area contributed by atoms with Gasteiger partial charge in [0.25, 0.3) is 0 Å². The topological polar surface area (TPSA) is 20.2 Å². The monoisotopic (exact) mass is 467 g/mol. The van der Waals surface area contributed by atoms with Crippen LogP contribution in [-0.4, -0.2) is 11.7 Å². The van der Waals surface area contributed by atoms with Gasteiger partial charge >= 0.3 is 0 Å². The maximum atomic E-state index is 9.71. The number of aliphatic hydroxyl groups is 1. The molecule has 0 saturated carbocycles. The maximum absolute atomic E-state index is 9.71. The van der Waals surface area contributed by atoms with E-state index in [4.69, 9.17) is 0 Å². The molecule has 1 nitrogen and oxygen atoms in total. The summed E-state index contributed by atoms with van der Waals surface area (Å²) in [4.78, 5) is 0. The fraction of sp³-hybridized carbons (Fsp3) is 1.00. The maximum Gasteiger partial charge on any atom is 0.0459 e. The summed E-state index contributed by atoms with van der Waals surface area (Å²) in [6, 6.07) is 0. The standard InChI is InChI=1S/C32H66O/c1-3-5-7-9-11-13-15-17-18-20-22-24-26-28-30-32(31-33)29-27-25-23-21-19-16-14-12-10-8-6-4-2/h32-33H,3-31H2,1-2H3. The first kappa shape index (κ1) is 33.0. The van der Waals surface area contributed by atoms with Crippen LogP contribution >= 0.6 is 0 Å². The van der Waals surface area contributed by atoms with E-state index in [2.05, 4.69) is 13.8 Å². The Labute approximate surface area is 211 Å². The van der Waals surface area contributed by atoms with Crippen LogP contribution in [0.25, 0.3) is 0 Å². The van der Waals surface area contributed by atoms with Crippen molar-refractivity contribution >= 4 is 0 Å². The van der Waals surface area contributed by atoms with Gasteiger partial charge in [0.1, 0.15) is 0 Å². The van der Waals surface area contributed by atoms with Crippen LogP contribution in [-0.2, 0) is 0 Å². The first-order valence-electron chi connectivity index (χ1n) is 16.0. The summed E-state index contributed by atoms with van der Waals surface area (Å²) in [5, 5.41) is 9.71. The first-order chi connectivity index (χ1) is 16.3. The summed E-state index contributed by atoms with van der Waals surface area (Å²) in [6.45, 7) is 5.01. The number of hydrogen-bond donors (Lipinski definition) is 1. The highest BCUT2D eigenvalue weighted by Gasteiger charge is 2.07. The predicted molar refractivity (Wildman–Crippen MR) is 151 cm³/mol. The molecule has 0 aromatic carbocycles. The average molecular weight is 467 g/mol. The Bertz CT molecular complexity index is 326. The minimum absolute atomic E-state index is 0.413. The van der Waals surface area contributed by atoms with E-state index in [0.717, 1.165) is 0 Å². The molecule has 0 amide bonds. The molecule has 0 bridgehead atoms. The minimum atomic E-state index is 0.413. The van der Waals surface area contributed by atoms with Crippen molar-refractivity contribution < 1.29 is 5.11 Å². The van der Waals surface area contributed by atoms with Crippen LogP contribution in [0.5, 0.6) is 0 Å². The lowest BCUT2D eigenvalue weighted by Crippen LogP contribution is -2.06. The smallest absolute Gasteiger partial charge is 0.0459 e. The lowest BCUT2D eigenvalue weighted by atomic mass is 9.94. The van der Waals surface area contributed by atoms with Gasteiger partial charge in [-0.25, -0.2) is 0 Å². The molecule has 0 saturated heterocycles. The van der Waals surface area contributed by atoms with Crippen molar-refractivity contribution in [1.29, 1.82) is 0 Å². The quantitative estimate of drug-likeness (QED) is 0.109. The molecular formula is C32H66O. The molecule has 200 valence electrons. The van der Waals surface area contributed by atoms with E-state index in [-0.39, 0.29) is 0 Å². The lowest BCUT2D eigenvalue weighted by molar-refractivity contribution is 0.204. The largest absolute Gasteiger partial charge is 0.396 e. The van der Waals surface area contributed by atoms with Crippen molar-refractivity contribution in [3.63, 3.8) is 0 Å². The van der Waals surface area contributed by atoms with Crippen molar-refractivity contribution in [3.05, 3.63) is 0 Å². The summed E-state index contributed by atoms with van der Waals surface area (Å²) in [5.41, 5.74) is 0. The van der Waals surface area contributed by atoms with Gasteiger partial charge in [0.15, 0.2) is 0 Å². The van der Waals surface area contributed by atoms with Crippen LogP contribution in [0.3, 0.4) is 0 Å². The fourth-order valence-electron chi connectivity index (χ4n) is 5.23. The number of rotatable bonds is 29. The van der Waals surface area contributed by atoms with E-state index in [1.54, 1.807) is 0 Å². The summed E-state index contributed by atoms with van der Waals surface area (Å²) < 4.78 is 0.